The summed E-state index contributed by atoms with van der Waals surface area (Å²) in [6, 6.07) is 5.94. The summed E-state index contributed by atoms with van der Waals surface area (Å²) in [5, 5.41) is 12.6. The zero-order valence-corrected chi connectivity index (χ0v) is 13.5. The highest BCUT2D eigenvalue weighted by molar-refractivity contribution is 5.90. The zero-order valence-electron chi connectivity index (χ0n) is 13.5. The molecule has 1 aromatic carbocycles. The molecule has 0 fully saturated rings. The van der Waals surface area contributed by atoms with Crippen LogP contribution in [0.15, 0.2) is 36.7 Å². The Hall–Kier alpha value is -3.09. The topological polar surface area (TPSA) is 75.9 Å². The molecule has 128 valence electrons. The Bertz CT molecular complexity index is 983. The van der Waals surface area contributed by atoms with Gasteiger partial charge in [-0.2, -0.15) is 0 Å². The minimum absolute atomic E-state index is 0.133. The lowest BCUT2D eigenvalue weighted by molar-refractivity contribution is 0.0696. The number of carboxylic acid groups (broad SMARTS) is 1. The average molecular weight is 341 g/mol. The summed E-state index contributed by atoms with van der Waals surface area (Å²) in [5.41, 5.74) is 2.51. The van der Waals surface area contributed by atoms with Crippen molar-refractivity contribution < 1.29 is 19.0 Å². The molecule has 1 aliphatic heterocycles. The van der Waals surface area contributed by atoms with Crippen molar-refractivity contribution in [1.82, 2.24) is 9.38 Å². The molecular weight excluding hydrogens is 325 g/mol. The normalized spacial score (nSPS) is 16.3. The molecule has 3 heterocycles. The molecule has 0 amide bonds. The SMILES string of the molecule is Cc1cn2cc(C(=O)O)cc(NC3CCOc4cccc(F)c43)c2n1. The Morgan fingerprint density at radius 1 is 1.44 bits per heavy atom. The number of carbonyl (C=O) groups is 1. The molecule has 0 saturated carbocycles. The van der Waals surface area contributed by atoms with E-state index in [-0.39, 0.29) is 17.4 Å². The molecule has 7 heteroatoms. The van der Waals surface area contributed by atoms with Gasteiger partial charge < -0.3 is 19.6 Å². The molecule has 25 heavy (non-hydrogen) atoms. The van der Waals surface area contributed by atoms with Gasteiger partial charge in [0.25, 0.3) is 0 Å². The molecule has 0 spiro atoms. The third-order valence-electron chi connectivity index (χ3n) is 4.27. The van der Waals surface area contributed by atoms with Crippen LogP contribution in [0.1, 0.15) is 34.1 Å². The number of anilines is 1. The lowest BCUT2D eigenvalue weighted by Crippen LogP contribution is -2.22. The van der Waals surface area contributed by atoms with Crippen LogP contribution in [0.2, 0.25) is 0 Å². The van der Waals surface area contributed by atoms with Crippen LogP contribution in [0, 0.1) is 12.7 Å². The Balaban J connectivity index is 1.81. The smallest absolute Gasteiger partial charge is 0.337 e. The number of rotatable bonds is 3. The Morgan fingerprint density at radius 2 is 2.28 bits per heavy atom. The highest BCUT2D eigenvalue weighted by Gasteiger charge is 2.26. The van der Waals surface area contributed by atoms with Gasteiger partial charge in [0.1, 0.15) is 11.6 Å². The van der Waals surface area contributed by atoms with Crippen molar-refractivity contribution in [1.29, 1.82) is 0 Å². The number of pyridine rings is 1. The number of hydrogen-bond donors (Lipinski definition) is 2. The van der Waals surface area contributed by atoms with E-state index >= 15 is 0 Å². The first-order valence-electron chi connectivity index (χ1n) is 7.93. The van der Waals surface area contributed by atoms with Crippen LogP contribution in [0.4, 0.5) is 10.1 Å². The molecule has 4 rings (SSSR count). The van der Waals surface area contributed by atoms with Crippen molar-refractivity contribution in [3.05, 3.63) is 59.3 Å². The molecule has 3 aromatic rings. The predicted molar refractivity (Wildman–Crippen MR) is 89.8 cm³/mol. The largest absolute Gasteiger partial charge is 0.493 e. The fourth-order valence-corrected chi connectivity index (χ4v) is 3.19. The number of aromatic nitrogens is 2. The molecule has 1 unspecified atom stereocenters. The molecule has 1 atom stereocenters. The standard InChI is InChI=1S/C18H16FN3O3/c1-10-8-22-9-11(18(23)24)7-14(17(22)20-10)21-13-5-6-25-15-4-2-3-12(19)16(13)15/h2-4,7-9,13,21H,5-6H2,1H3,(H,23,24). The zero-order chi connectivity index (χ0) is 17.6. The number of fused-ring (bicyclic) bond motifs is 2. The Morgan fingerprint density at radius 3 is 3.08 bits per heavy atom. The van der Waals surface area contributed by atoms with Crippen LogP contribution < -0.4 is 10.1 Å². The second-order valence-corrected chi connectivity index (χ2v) is 6.05. The molecule has 2 aromatic heterocycles. The van der Waals surface area contributed by atoms with Crippen LogP contribution in [-0.2, 0) is 0 Å². The lowest BCUT2D eigenvalue weighted by Gasteiger charge is -2.28. The van der Waals surface area contributed by atoms with Gasteiger partial charge in [0, 0.05) is 18.8 Å². The number of ether oxygens (including phenoxy) is 1. The first-order valence-corrected chi connectivity index (χ1v) is 7.93. The third-order valence-corrected chi connectivity index (χ3v) is 4.27. The monoisotopic (exact) mass is 341 g/mol. The molecule has 6 nitrogen and oxygen atoms in total. The van der Waals surface area contributed by atoms with Crippen molar-refractivity contribution in [3.63, 3.8) is 0 Å². The molecule has 0 radical (unpaired) electrons. The second-order valence-electron chi connectivity index (χ2n) is 6.05. The van der Waals surface area contributed by atoms with Crippen molar-refractivity contribution in [2.75, 3.05) is 11.9 Å². The predicted octanol–water partition coefficient (Wildman–Crippen LogP) is 3.42. The number of nitrogens with zero attached hydrogens (tertiary/aromatic N) is 2. The number of benzene rings is 1. The summed E-state index contributed by atoms with van der Waals surface area (Å²) in [5.74, 6) is -0.872. The maximum absolute atomic E-state index is 14.3. The van der Waals surface area contributed by atoms with Gasteiger partial charge in [0.15, 0.2) is 5.65 Å². The quantitative estimate of drug-likeness (QED) is 0.763. The van der Waals surface area contributed by atoms with E-state index in [0.29, 0.717) is 35.7 Å². The molecule has 0 saturated heterocycles. The molecule has 2 N–H and O–H groups in total. The van der Waals surface area contributed by atoms with Gasteiger partial charge in [-0.15, -0.1) is 0 Å². The van der Waals surface area contributed by atoms with E-state index in [4.69, 9.17) is 4.74 Å². The number of imidazole rings is 1. The average Bonchev–Trinajstić information content (AvgIpc) is 2.95. The summed E-state index contributed by atoms with van der Waals surface area (Å²) < 4.78 is 21.5. The minimum Gasteiger partial charge on any atom is -0.493 e. The van der Waals surface area contributed by atoms with E-state index in [9.17, 15) is 14.3 Å². The maximum Gasteiger partial charge on any atom is 0.337 e. The van der Waals surface area contributed by atoms with Gasteiger partial charge in [0.05, 0.1) is 35.2 Å². The van der Waals surface area contributed by atoms with Crippen LogP contribution in [0.3, 0.4) is 0 Å². The fraction of sp³-hybridized carbons (Fsp3) is 0.222. The Kier molecular flexibility index (Phi) is 3.56. The number of aromatic carboxylic acids is 1. The van der Waals surface area contributed by atoms with Crippen molar-refractivity contribution in [2.24, 2.45) is 0 Å². The van der Waals surface area contributed by atoms with E-state index in [1.54, 1.807) is 22.7 Å². The van der Waals surface area contributed by atoms with E-state index in [0.717, 1.165) is 5.69 Å². The number of hydrogen-bond acceptors (Lipinski definition) is 4. The highest BCUT2D eigenvalue weighted by atomic mass is 19.1. The summed E-state index contributed by atoms with van der Waals surface area (Å²) >= 11 is 0. The molecule has 1 aliphatic rings. The summed E-state index contributed by atoms with van der Waals surface area (Å²) in [6.45, 7) is 2.29. The molecular formula is C18H16FN3O3. The number of aryl methyl sites for hydroxylation is 1. The fourth-order valence-electron chi connectivity index (χ4n) is 3.19. The van der Waals surface area contributed by atoms with E-state index < -0.39 is 5.97 Å². The maximum atomic E-state index is 14.3. The first-order chi connectivity index (χ1) is 12.0. The van der Waals surface area contributed by atoms with Gasteiger partial charge in [-0.05, 0) is 25.1 Å². The summed E-state index contributed by atoms with van der Waals surface area (Å²) in [7, 11) is 0. The van der Waals surface area contributed by atoms with Crippen LogP contribution >= 0.6 is 0 Å². The molecule has 0 aliphatic carbocycles. The van der Waals surface area contributed by atoms with Crippen molar-refractivity contribution in [2.45, 2.75) is 19.4 Å². The number of nitrogens with one attached hydrogen (secondary N) is 1. The molecule has 0 bridgehead atoms. The van der Waals surface area contributed by atoms with Gasteiger partial charge in [-0.1, -0.05) is 6.07 Å². The van der Waals surface area contributed by atoms with Gasteiger partial charge in [0.2, 0.25) is 0 Å². The van der Waals surface area contributed by atoms with Gasteiger partial charge >= 0.3 is 5.97 Å². The van der Waals surface area contributed by atoms with Crippen molar-refractivity contribution in [3.8, 4) is 5.75 Å². The van der Waals surface area contributed by atoms with Gasteiger partial charge in [-0.25, -0.2) is 14.2 Å². The lowest BCUT2D eigenvalue weighted by atomic mass is 9.99. The van der Waals surface area contributed by atoms with Crippen LogP contribution in [-0.4, -0.2) is 27.1 Å². The van der Waals surface area contributed by atoms with E-state index in [1.165, 1.54) is 18.3 Å². The van der Waals surface area contributed by atoms with Crippen molar-refractivity contribution >= 4 is 17.3 Å². The number of carboxylic acids is 1. The number of halogens is 1. The van der Waals surface area contributed by atoms with Crippen LogP contribution in [0.25, 0.3) is 5.65 Å². The van der Waals surface area contributed by atoms with E-state index in [1.807, 2.05) is 6.92 Å². The second kappa shape index (κ2) is 5.77. The van der Waals surface area contributed by atoms with Crippen LogP contribution in [0.5, 0.6) is 5.75 Å². The van der Waals surface area contributed by atoms with E-state index in [2.05, 4.69) is 10.3 Å². The highest BCUT2D eigenvalue weighted by Crippen LogP contribution is 2.37. The summed E-state index contributed by atoms with van der Waals surface area (Å²) in [6.07, 6.45) is 3.84. The summed E-state index contributed by atoms with van der Waals surface area (Å²) in [4.78, 5) is 15.8. The third kappa shape index (κ3) is 2.67. The minimum atomic E-state index is -1.03. The Labute approximate surface area is 142 Å². The first kappa shape index (κ1) is 15.4. The van der Waals surface area contributed by atoms with Gasteiger partial charge in [-0.3, -0.25) is 0 Å².